The van der Waals surface area contributed by atoms with Crippen molar-refractivity contribution < 1.29 is 23.5 Å². The van der Waals surface area contributed by atoms with Crippen molar-refractivity contribution in [1.29, 1.82) is 0 Å². The Morgan fingerprint density at radius 3 is 2.46 bits per heavy atom. The number of hydrogen-bond acceptors (Lipinski definition) is 5. The van der Waals surface area contributed by atoms with E-state index in [0.29, 0.717) is 11.5 Å². The smallest absolute Gasteiger partial charge is 0.184 e. The zero-order valence-electron chi connectivity index (χ0n) is 14.9. The Morgan fingerprint density at radius 2 is 1.81 bits per heavy atom. The van der Waals surface area contributed by atoms with E-state index in [9.17, 15) is 9.32 Å². The Kier molecular flexibility index (Phi) is 6.56. The lowest BCUT2D eigenvalue weighted by molar-refractivity contribution is -0.156. The van der Waals surface area contributed by atoms with Gasteiger partial charge in [0.05, 0.1) is 29.3 Å². The molecule has 3 rings (SSSR count). The van der Waals surface area contributed by atoms with E-state index in [1.54, 1.807) is 0 Å². The van der Waals surface area contributed by atoms with Crippen LogP contribution in [0, 0.1) is 6.92 Å². The highest BCUT2D eigenvalue weighted by atomic mass is 32.2. The summed E-state index contributed by atoms with van der Waals surface area (Å²) in [5.41, 5.74) is 2.14. The second-order valence-electron chi connectivity index (χ2n) is 6.35. The Hall–Kier alpha value is -1.57. The van der Waals surface area contributed by atoms with Crippen molar-refractivity contribution >= 4 is 10.8 Å². The van der Waals surface area contributed by atoms with Crippen molar-refractivity contribution in [2.75, 3.05) is 13.7 Å². The highest BCUT2D eigenvalue weighted by molar-refractivity contribution is 7.85. The van der Waals surface area contributed by atoms with Gasteiger partial charge >= 0.3 is 0 Å². The standard InChI is InChI=1S/C20H24O5S/c1-14-8-10-16(11-9-14)26(22)19-17(25-20(23-2)18(19)21)13-24-12-15-6-4-3-5-7-15/h3-11,17-21H,12-13H2,1-2H3/t17-,18+,19-,20+,26-/m1/s1. The lowest BCUT2D eigenvalue weighted by Gasteiger charge is -2.19. The minimum Gasteiger partial charge on any atom is -0.386 e. The van der Waals surface area contributed by atoms with Gasteiger partial charge in [-0.3, -0.25) is 4.21 Å². The molecule has 140 valence electrons. The molecule has 1 fully saturated rings. The van der Waals surface area contributed by atoms with Gasteiger partial charge in [-0.2, -0.15) is 0 Å². The predicted molar refractivity (Wildman–Crippen MR) is 99.2 cm³/mol. The highest BCUT2D eigenvalue weighted by Crippen LogP contribution is 2.29. The Balaban J connectivity index is 1.69. The minimum atomic E-state index is -1.43. The fraction of sp³-hybridized carbons (Fsp3) is 0.400. The van der Waals surface area contributed by atoms with Crippen molar-refractivity contribution in [3.05, 3.63) is 65.7 Å². The van der Waals surface area contributed by atoms with Crippen molar-refractivity contribution in [2.45, 2.75) is 42.2 Å². The summed E-state index contributed by atoms with van der Waals surface area (Å²) < 4.78 is 29.7. The number of benzene rings is 2. The van der Waals surface area contributed by atoms with Crippen molar-refractivity contribution in [2.24, 2.45) is 0 Å². The summed E-state index contributed by atoms with van der Waals surface area (Å²) in [6, 6.07) is 17.3. The molecule has 0 amide bonds. The van der Waals surface area contributed by atoms with Crippen LogP contribution >= 0.6 is 0 Å². The first kappa shape index (κ1) is 19.2. The summed E-state index contributed by atoms with van der Waals surface area (Å²) in [5, 5.41) is 9.91. The van der Waals surface area contributed by atoms with E-state index >= 15 is 0 Å². The number of methoxy groups -OCH3 is 1. The molecule has 2 aromatic carbocycles. The molecule has 0 unspecified atom stereocenters. The zero-order valence-corrected chi connectivity index (χ0v) is 15.7. The van der Waals surface area contributed by atoms with E-state index in [1.165, 1.54) is 7.11 Å². The number of aliphatic hydroxyl groups excluding tert-OH is 1. The van der Waals surface area contributed by atoms with Gasteiger partial charge in [-0.1, -0.05) is 48.0 Å². The highest BCUT2D eigenvalue weighted by Gasteiger charge is 2.47. The topological polar surface area (TPSA) is 65.0 Å². The average Bonchev–Trinajstić information content (AvgIpc) is 2.98. The summed E-state index contributed by atoms with van der Waals surface area (Å²) in [5.74, 6) is 0. The zero-order chi connectivity index (χ0) is 18.5. The molecule has 1 N–H and O–H groups in total. The fourth-order valence-corrected chi connectivity index (χ4v) is 4.51. The molecule has 1 aliphatic rings. The van der Waals surface area contributed by atoms with Crippen LogP contribution in [0.2, 0.25) is 0 Å². The summed E-state index contributed by atoms with van der Waals surface area (Å²) >= 11 is 0. The lowest BCUT2D eigenvalue weighted by atomic mass is 10.2. The quantitative estimate of drug-likeness (QED) is 0.804. The summed E-state index contributed by atoms with van der Waals surface area (Å²) in [4.78, 5) is 0.660. The molecule has 2 aromatic rings. The van der Waals surface area contributed by atoms with Gasteiger partial charge < -0.3 is 19.3 Å². The van der Waals surface area contributed by atoms with Crippen LogP contribution in [0.25, 0.3) is 0 Å². The number of ether oxygens (including phenoxy) is 3. The second-order valence-corrected chi connectivity index (χ2v) is 7.96. The molecule has 0 radical (unpaired) electrons. The molecule has 0 bridgehead atoms. The van der Waals surface area contributed by atoms with Gasteiger partial charge in [0, 0.05) is 12.0 Å². The average molecular weight is 376 g/mol. The maximum absolute atomic E-state index is 13.0. The van der Waals surface area contributed by atoms with Crippen LogP contribution in [0.5, 0.6) is 0 Å². The first-order valence-electron chi connectivity index (χ1n) is 8.55. The third-order valence-electron chi connectivity index (χ3n) is 4.42. The van der Waals surface area contributed by atoms with Crippen LogP contribution in [-0.4, -0.2) is 46.8 Å². The molecule has 5 nitrogen and oxygen atoms in total. The molecule has 1 aliphatic heterocycles. The van der Waals surface area contributed by atoms with Gasteiger partial charge in [-0.05, 0) is 24.6 Å². The van der Waals surface area contributed by atoms with Gasteiger partial charge in [0.1, 0.15) is 12.2 Å². The van der Waals surface area contributed by atoms with E-state index in [0.717, 1.165) is 11.1 Å². The first-order valence-corrected chi connectivity index (χ1v) is 9.76. The maximum Gasteiger partial charge on any atom is 0.184 e. The molecule has 0 spiro atoms. The lowest BCUT2D eigenvalue weighted by Crippen LogP contribution is -2.38. The predicted octanol–water partition coefficient (Wildman–Crippen LogP) is 2.42. The fourth-order valence-electron chi connectivity index (χ4n) is 3.00. The van der Waals surface area contributed by atoms with E-state index in [-0.39, 0.29) is 6.61 Å². The van der Waals surface area contributed by atoms with E-state index in [1.807, 2.05) is 61.5 Å². The maximum atomic E-state index is 13.0. The van der Waals surface area contributed by atoms with Crippen LogP contribution in [-0.2, 0) is 31.6 Å². The van der Waals surface area contributed by atoms with Crippen LogP contribution in [0.4, 0.5) is 0 Å². The molecule has 6 heteroatoms. The molecule has 26 heavy (non-hydrogen) atoms. The monoisotopic (exact) mass is 376 g/mol. The summed E-state index contributed by atoms with van der Waals surface area (Å²) in [6.45, 7) is 2.63. The van der Waals surface area contributed by atoms with Crippen molar-refractivity contribution in [3.63, 3.8) is 0 Å². The Labute approximate surface area is 156 Å². The molecule has 5 atom stereocenters. The van der Waals surface area contributed by atoms with Crippen LogP contribution < -0.4 is 0 Å². The SMILES string of the molecule is CO[C@H]1O[C@H](COCc2ccccc2)[C@@H]([S@](=O)c2ccc(C)cc2)[C@@H]1O. The Morgan fingerprint density at radius 1 is 1.12 bits per heavy atom. The Bertz CT molecular complexity index is 719. The van der Waals surface area contributed by atoms with Gasteiger partial charge in [-0.15, -0.1) is 0 Å². The van der Waals surface area contributed by atoms with Crippen molar-refractivity contribution in [3.8, 4) is 0 Å². The van der Waals surface area contributed by atoms with E-state index in [4.69, 9.17) is 14.2 Å². The molecule has 1 heterocycles. The normalized spacial score (nSPS) is 26.7. The van der Waals surface area contributed by atoms with Gasteiger partial charge in [0.2, 0.25) is 0 Å². The number of aryl methyl sites for hydroxylation is 1. The van der Waals surface area contributed by atoms with Gasteiger partial charge in [-0.25, -0.2) is 0 Å². The third kappa shape index (κ3) is 4.39. The van der Waals surface area contributed by atoms with E-state index in [2.05, 4.69) is 0 Å². The third-order valence-corrected chi connectivity index (χ3v) is 6.23. The molecule has 0 aromatic heterocycles. The van der Waals surface area contributed by atoms with Crippen LogP contribution in [0.1, 0.15) is 11.1 Å². The first-order chi connectivity index (χ1) is 12.6. The van der Waals surface area contributed by atoms with Gasteiger partial charge in [0.25, 0.3) is 0 Å². The minimum absolute atomic E-state index is 0.230. The largest absolute Gasteiger partial charge is 0.386 e. The summed E-state index contributed by atoms with van der Waals surface area (Å²) in [6.07, 6.45) is -2.30. The number of hydrogen-bond donors (Lipinski definition) is 1. The van der Waals surface area contributed by atoms with Crippen LogP contribution in [0.15, 0.2) is 59.5 Å². The number of rotatable bonds is 7. The molecule has 1 saturated heterocycles. The second kappa shape index (κ2) is 8.88. The number of aliphatic hydroxyl groups is 1. The van der Waals surface area contributed by atoms with Gasteiger partial charge in [0.15, 0.2) is 6.29 Å². The van der Waals surface area contributed by atoms with E-state index < -0.39 is 34.5 Å². The van der Waals surface area contributed by atoms with Crippen LogP contribution in [0.3, 0.4) is 0 Å². The molecule has 0 aliphatic carbocycles. The molecule has 0 saturated carbocycles. The van der Waals surface area contributed by atoms with Crippen molar-refractivity contribution in [1.82, 2.24) is 0 Å². The molecular weight excluding hydrogens is 352 g/mol. The summed E-state index contributed by atoms with van der Waals surface area (Å²) in [7, 11) is 0.0328. The molecular formula is C20H24O5S.